The molecule has 1 saturated carbocycles. The normalized spacial score (nSPS) is 21.1. The predicted molar refractivity (Wildman–Crippen MR) is 54.9 cm³/mol. The lowest BCUT2D eigenvalue weighted by Gasteiger charge is -2.26. The Morgan fingerprint density at radius 2 is 1.83 bits per heavy atom. The predicted octanol–water partition coefficient (Wildman–Crippen LogP) is 2.56. The van der Waals surface area contributed by atoms with Gasteiger partial charge in [0.1, 0.15) is 0 Å². The highest BCUT2D eigenvalue weighted by atomic mass is 35.5. The van der Waals surface area contributed by atoms with Crippen molar-refractivity contribution >= 4 is 18.2 Å². The van der Waals surface area contributed by atoms with E-state index in [0.717, 1.165) is 0 Å². The molecular formula is C9H19ClN2. The number of hydrogen-bond acceptors (Lipinski definition) is 1. The maximum atomic E-state index is 7.31. The van der Waals surface area contributed by atoms with Gasteiger partial charge in [0, 0.05) is 5.92 Å². The topological polar surface area (TPSA) is 49.9 Å². The summed E-state index contributed by atoms with van der Waals surface area (Å²) in [4.78, 5) is 0. The fourth-order valence-electron chi connectivity index (χ4n) is 1.89. The van der Waals surface area contributed by atoms with E-state index in [2.05, 4.69) is 6.92 Å². The molecule has 1 rings (SSSR count). The van der Waals surface area contributed by atoms with Gasteiger partial charge in [0.25, 0.3) is 0 Å². The van der Waals surface area contributed by atoms with Crippen LogP contribution in [0.4, 0.5) is 0 Å². The summed E-state index contributed by atoms with van der Waals surface area (Å²) in [6.45, 7) is 2.08. The number of hydrogen-bond donors (Lipinski definition) is 2. The molecule has 3 N–H and O–H groups in total. The molecule has 0 amide bonds. The van der Waals surface area contributed by atoms with Gasteiger partial charge in [0.05, 0.1) is 5.84 Å². The third kappa shape index (κ3) is 3.02. The van der Waals surface area contributed by atoms with Gasteiger partial charge in [-0.2, -0.15) is 0 Å². The minimum atomic E-state index is 0. The molecule has 1 unspecified atom stereocenters. The van der Waals surface area contributed by atoms with Gasteiger partial charge in [-0.05, 0) is 18.8 Å². The smallest absolute Gasteiger partial charge is 0.0936 e. The first-order valence-electron chi connectivity index (χ1n) is 4.55. The molecule has 1 aliphatic rings. The Balaban J connectivity index is 0.00000121. The summed E-state index contributed by atoms with van der Waals surface area (Å²) in [6.07, 6.45) is 6.60. The van der Waals surface area contributed by atoms with Gasteiger partial charge in [-0.15, -0.1) is 12.4 Å². The molecule has 12 heavy (non-hydrogen) atoms. The molecule has 2 nitrogen and oxygen atoms in total. The molecule has 72 valence electrons. The van der Waals surface area contributed by atoms with E-state index in [1.807, 2.05) is 0 Å². The van der Waals surface area contributed by atoms with Gasteiger partial charge < -0.3 is 5.73 Å². The lowest BCUT2D eigenvalue weighted by atomic mass is 9.80. The van der Waals surface area contributed by atoms with Crippen molar-refractivity contribution in [1.29, 1.82) is 5.41 Å². The summed E-state index contributed by atoms with van der Waals surface area (Å²) in [5.41, 5.74) is 5.45. The van der Waals surface area contributed by atoms with Gasteiger partial charge in [-0.3, -0.25) is 5.41 Å². The van der Waals surface area contributed by atoms with Crippen molar-refractivity contribution in [3.63, 3.8) is 0 Å². The van der Waals surface area contributed by atoms with Crippen LogP contribution in [0.3, 0.4) is 0 Å². The van der Waals surface area contributed by atoms with Crippen molar-refractivity contribution in [2.75, 3.05) is 0 Å². The number of amidine groups is 1. The Bertz CT molecular complexity index is 141. The maximum Gasteiger partial charge on any atom is 0.0936 e. The summed E-state index contributed by atoms with van der Waals surface area (Å²) in [5, 5.41) is 7.31. The van der Waals surface area contributed by atoms with Gasteiger partial charge >= 0.3 is 0 Å². The second kappa shape index (κ2) is 5.41. The minimum Gasteiger partial charge on any atom is -0.387 e. The van der Waals surface area contributed by atoms with Crippen LogP contribution in [0.1, 0.15) is 39.0 Å². The van der Waals surface area contributed by atoms with E-state index in [4.69, 9.17) is 11.1 Å². The van der Waals surface area contributed by atoms with Crippen LogP contribution in [-0.4, -0.2) is 5.84 Å². The molecule has 0 aromatic carbocycles. The van der Waals surface area contributed by atoms with Gasteiger partial charge in [0.15, 0.2) is 0 Å². The zero-order valence-corrected chi connectivity index (χ0v) is 8.49. The molecule has 0 spiro atoms. The van der Waals surface area contributed by atoms with Gasteiger partial charge in [0.2, 0.25) is 0 Å². The van der Waals surface area contributed by atoms with Crippen molar-refractivity contribution < 1.29 is 0 Å². The van der Waals surface area contributed by atoms with Crippen LogP contribution in [0.5, 0.6) is 0 Å². The van der Waals surface area contributed by atoms with E-state index >= 15 is 0 Å². The fourth-order valence-corrected chi connectivity index (χ4v) is 1.89. The molecule has 0 bridgehead atoms. The zero-order chi connectivity index (χ0) is 8.27. The monoisotopic (exact) mass is 190 g/mol. The summed E-state index contributed by atoms with van der Waals surface area (Å²) < 4.78 is 0. The van der Waals surface area contributed by atoms with Crippen LogP contribution < -0.4 is 5.73 Å². The van der Waals surface area contributed by atoms with Gasteiger partial charge in [-0.25, -0.2) is 0 Å². The molecular weight excluding hydrogens is 172 g/mol. The minimum absolute atomic E-state index is 0. The van der Waals surface area contributed by atoms with E-state index in [1.165, 1.54) is 32.1 Å². The third-order valence-electron chi connectivity index (χ3n) is 2.85. The lowest BCUT2D eigenvalue weighted by molar-refractivity contribution is 0.310. The molecule has 1 aliphatic carbocycles. The van der Waals surface area contributed by atoms with Crippen LogP contribution in [0.15, 0.2) is 0 Å². The highest BCUT2D eigenvalue weighted by Gasteiger charge is 2.21. The van der Waals surface area contributed by atoms with Crippen molar-refractivity contribution in [1.82, 2.24) is 0 Å². The number of rotatable bonds is 2. The molecule has 0 aromatic rings. The molecule has 1 atom stereocenters. The lowest BCUT2D eigenvalue weighted by Crippen LogP contribution is -2.28. The van der Waals surface area contributed by atoms with E-state index in [1.54, 1.807) is 0 Å². The Morgan fingerprint density at radius 1 is 1.33 bits per heavy atom. The summed E-state index contributed by atoms with van der Waals surface area (Å²) in [5.74, 6) is 1.38. The fraction of sp³-hybridized carbons (Fsp3) is 0.889. The first-order valence-corrected chi connectivity index (χ1v) is 4.55. The average molecular weight is 191 g/mol. The first-order chi connectivity index (χ1) is 5.22. The highest BCUT2D eigenvalue weighted by molar-refractivity contribution is 5.85. The molecule has 0 radical (unpaired) electrons. The quantitative estimate of drug-likeness (QED) is 0.511. The van der Waals surface area contributed by atoms with Crippen molar-refractivity contribution in [2.24, 2.45) is 17.6 Å². The van der Waals surface area contributed by atoms with Crippen LogP contribution in [-0.2, 0) is 0 Å². The first kappa shape index (κ1) is 11.8. The van der Waals surface area contributed by atoms with E-state index in [0.29, 0.717) is 17.7 Å². The number of halogens is 1. The summed E-state index contributed by atoms with van der Waals surface area (Å²) in [6, 6.07) is 0. The Kier molecular flexibility index (Phi) is 5.31. The van der Waals surface area contributed by atoms with Crippen LogP contribution in [0.25, 0.3) is 0 Å². The second-order valence-electron chi connectivity index (χ2n) is 3.64. The Hall–Kier alpha value is -0.240. The van der Waals surface area contributed by atoms with E-state index < -0.39 is 0 Å². The number of nitrogens with two attached hydrogens (primary N) is 1. The Labute approximate surface area is 80.8 Å². The third-order valence-corrected chi connectivity index (χ3v) is 2.85. The second-order valence-corrected chi connectivity index (χ2v) is 3.64. The largest absolute Gasteiger partial charge is 0.387 e. The van der Waals surface area contributed by atoms with Crippen LogP contribution in [0, 0.1) is 17.2 Å². The highest BCUT2D eigenvalue weighted by Crippen LogP contribution is 2.29. The number of nitrogens with one attached hydrogen (secondary N) is 1. The molecule has 0 aromatic heterocycles. The van der Waals surface area contributed by atoms with Gasteiger partial charge in [-0.1, -0.05) is 26.2 Å². The zero-order valence-electron chi connectivity index (χ0n) is 7.68. The molecule has 3 heteroatoms. The molecule has 0 saturated heterocycles. The van der Waals surface area contributed by atoms with Crippen LogP contribution >= 0.6 is 12.4 Å². The maximum absolute atomic E-state index is 7.31. The standard InChI is InChI=1S/C9H18N2.ClH/c1-7(9(10)11)8-5-3-2-4-6-8;/h7-8H,2-6H2,1H3,(H3,10,11);1H. The van der Waals surface area contributed by atoms with Crippen molar-refractivity contribution in [3.8, 4) is 0 Å². The SMILES string of the molecule is CC(C(=N)N)C1CCCCC1.Cl. The van der Waals surface area contributed by atoms with E-state index in [9.17, 15) is 0 Å². The van der Waals surface area contributed by atoms with Crippen LogP contribution in [0.2, 0.25) is 0 Å². The molecule has 0 aliphatic heterocycles. The average Bonchev–Trinajstić information content (AvgIpc) is 2.05. The van der Waals surface area contributed by atoms with Crippen molar-refractivity contribution in [2.45, 2.75) is 39.0 Å². The summed E-state index contributed by atoms with van der Waals surface area (Å²) in [7, 11) is 0. The molecule has 0 heterocycles. The summed E-state index contributed by atoms with van der Waals surface area (Å²) >= 11 is 0. The Morgan fingerprint density at radius 3 is 2.25 bits per heavy atom. The van der Waals surface area contributed by atoms with E-state index in [-0.39, 0.29) is 12.4 Å². The molecule has 1 fully saturated rings. The van der Waals surface area contributed by atoms with Crippen molar-refractivity contribution in [3.05, 3.63) is 0 Å².